The maximum absolute atomic E-state index is 11.7. The molecule has 4 nitrogen and oxygen atoms in total. The summed E-state index contributed by atoms with van der Waals surface area (Å²) in [6.45, 7) is 12.5. The number of fused-ring (bicyclic) bond motifs is 1. The van der Waals surface area contributed by atoms with Gasteiger partial charge in [0.05, 0.1) is 12.2 Å². The highest BCUT2D eigenvalue weighted by molar-refractivity contribution is 5.89. The van der Waals surface area contributed by atoms with Crippen molar-refractivity contribution in [2.24, 2.45) is 23.2 Å². The molecule has 2 unspecified atom stereocenters. The molecule has 1 aliphatic heterocycles. The smallest absolute Gasteiger partial charge is 0.333 e. The first-order valence-electron chi connectivity index (χ1n) is 12.0. The van der Waals surface area contributed by atoms with E-state index in [0.29, 0.717) is 53.6 Å². The molecule has 0 amide bonds. The van der Waals surface area contributed by atoms with Crippen LogP contribution >= 0.6 is 0 Å². The number of hydrogen-bond donors (Lipinski definition) is 2. The molecule has 0 radical (unpaired) electrons. The van der Waals surface area contributed by atoms with Crippen LogP contribution in [0.2, 0.25) is 0 Å². The minimum Gasteiger partial charge on any atom is -0.459 e. The van der Waals surface area contributed by atoms with Gasteiger partial charge in [0.1, 0.15) is 6.10 Å². The molecule has 31 heavy (non-hydrogen) atoms. The van der Waals surface area contributed by atoms with Crippen molar-refractivity contribution in [3.63, 3.8) is 0 Å². The van der Waals surface area contributed by atoms with Crippen molar-refractivity contribution in [3.8, 4) is 0 Å². The van der Waals surface area contributed by atoms with Gasteiger partial charge in [0.2, 0.25) is 0 Å². The number of rotatable bonds is 4. The second-order valence-electron chi connectivity index (χ2n) is 10.7. The van der Waals surface area contributed by atoms with Gasteiger partial charge in [-0.1, -0.05) is 50.3 Å². The van der Waals surface area contributed by atoms with E-state index >= 15 is 0 Å². The van der Waals surface area contributed by atoms with Gasteiger partial charge in [-0.25, -0.2) is 4.79 Å². The van der Waals surface area contributed by atoms with Gasteiger partial charge in [0.25, 0.3) is 0 Å². The number of aliphatic hydroxyl groups excluding tert-OH is 2. The van der Waals surface area contributed by atoms with Gasteiger partial charge in [-0.2, -0.15) is 0 Å². The Morgan fingerprint density at radius 2 is 1.87 bits per heavy atom. The molecule has 3 saturated carbocycles. The van der Waals surface area contributed by atoms with Crippen LogP contribution in [0.3, 0.4) is 0 Å². The van der Waals surface area contributed by atoms with Gasteiger partial charge in [0.15, 0.2) is 0 Å². The van der Waals surface area contributed by atoms with Gasteiger partial charge in [-0.3, -0.25) is 0 Å². The molecule has 170 valence electrons. The van der Waals surface area contributed by atoms with Crippen molar-refractivity contribution >= 4 is 5.97 Å². The Hall–Kier alpha value is -1.65. The summed E-state index contributed by atoms with van der Waals surface area (Å²) < 4.78 is 5.52. The number of esters is 1. The van der Waals surface area contributed by atoms with Gasteiger partial charge < -0.3 is 14.9 Å². The Labute approximate surface area is 186 Å². The van der Waals surface area contributed by atoms with Crippen LogP contribution in [0.15, 0.2) is 47.6 Å². The van der Waals surface area contributed by atoms with Crippen molar-refractivity contribution in [3.05, 3.63) is 47.6 Å². The fourth-order valence-corrected chi connectivity index (χ4v) is 6.98. The summed E-state index contributed by atoms with van der Waals surface area (Å²) in [5.41, 5.74) is 4.09. The molecule has 1 heterocycles. The third-order valence-electron chi connectivity index (χ3n) is 8.70. The van der Waals surface area contributed by atoms with Crippen LogP contribution in [0.25, 0.3) is 0 Å². The molecular weight excluding hydrogens is 388 g/mol. The summed E-state index contributed by atoms with van der Waals surface area (Å²) in [6, 6.07) is 0. The minimum atomic E-state index is -0.637. The summed E-state index contributed by atoms with van der Waals surface area (Å²) in [7, 11) is 0. The van der Waals surface area contributed by atoms with Gasteiger partial charge >= 0.3 is 5.97 Å². The van der Waals surface area contributed by atoms with Crippen molar-refractivity contribution < 1.29 is 19.7 Å². The van der Waals surface area contributed by atoms with E-state index in [4.69, 9.17) is 4.74 Å². The number of allylic oxidation sites excluding steroid dienone is 3. The third-order valence-corrected chi connectivity index (χ3v) is 8.70. The fourth-order valence-electron chi connectivity index (χ4n) is 6.98. The maximum Gasteiger partial charge on any atom is 0.333 e. The van der Waals surface area contributed by atoms with Gasteiger partial charge in [-0.05, 0) is 80.1 Å². The largest absolute Gasteiger partial charge is 0.459 e. The minimum absolute atomic E-state index is 0.0000980. The lowest BCUT2D eigenvalue weighted by atomic mass is 9.60. The molecule has 3 aliphatic carbocycles. The summed E-state index contributed by atoms with van der Waals surface area (Å²) in [4.78, 5) is 11.7. The summed E-state index contributed by atoms with van der Waals surface area (Å²) in [5, 5.41) is 20.3. The molecule has 0 bridgehead atoms. The zero-order chi connectivity index (χ0) is 22.3. The lowest BCUT2D eigenvalue weighted by molar-refractivity contribution is -0.139. The number of carbonyl (C=O) groups excluding carboxylic acids is 1. The first-order chi connectivity index (χ1) is 14.7. The topological polar surface area (TPSA) is 66.8 Å². The molecule has 0 spiro atoms. The van der Waals surface area contributed by atoms with E-state index in [0.717, 1.165) is 18.4 Å². The normalized spacial score (nSPS) is 40.8. The lowest BCUT2D eigenvalue weighted by Gasteiger charge is -2.44. The monoisotopic (exact) mass is 426 g/mol. The number of aliphatic hydroxyl groups is 2. The number of cyclic esters (lactones) is 1. The highest BCUT2D eigenvalue weighted by Gasteiger charge is 2.51. The van der Waals surface area contributed by atoms with E-state index in [1.807, 2.05) is 0 Å². The summed E-state index contributed by atoms with van der Waals surface area (Å²) in [5.74, 6) is 1.54. The molecule has 1 saturated heterocycles. The quantitative estimate of drug-likeness (QED) is 0.376. The SMILES string of the molecule is C=C1C[C@@H](C[C@@H](C)C2CCC3/C(=C/C=C4C[C@@H](O)C(=C)[C@H](O)C4)CCC[C@@]32C)OC1=O. The zero-order valence-corrected chi connectivity index (χ0v) is 19.1. The Kier molecular flexibility index (Phi) is 6.33. The average molecular weight is 427 g/mol. The predicted octanol–water partition coefficient (Wildman–Crippen LogP) is 5.03. The lowest BCUT2D eigenvalue weighted by Crippen LogP contribution is -2.36. The molecule has 4 aliphatic rings. The molecule has 0 aromatic heterocycles. The average Bonchev–Trinajstić information content (AvgIpc) is 3.22. The Balaban J connectivity index is 1.45. The highest BCUT2D eigenvalue weighted by Crippen LogP contribution is 2.60. The van der Waals surface area contributed by atoms with E-state index in [1.165, 1.54) is 31.3 Å². The van der Waals surface area contributed by atoms with E-state index in [1.54, 1.807) is 0 Å². The molecule has 0 aromatic carbocycles. The molecule has 4 rings (SSSR count). The van der Waals surface area contributed by atoms with Crippen LogP contribution < -0.4 is 0 Å². The van der Waals surface area contributed by atoms with Gasteiger partial charge in [-0.15, -0.1) is 0 Å². The molecule has 2 N–H and O–H groups in total. The second-order valence-corrected chi connectivity index (χ2v) is 10.7. The van der Waals surface area contributed by atoms with Crippen LogP contribution in [0, 0.1) is 23.2 Å². The molecule has 0 aromatic rings. The van der Waals surface area contributed by atoms with Crippen LogP contribution in [0.1, 0.15) is 71.6 Å². The van der Waals surface area contributed by atoms with Gasteiger partial charge in [0, 0.05) is 12.0 Å². The van der Waals surface area contributed by atoms with Crippen LogP contribution in [0.5, 0.6) is 0 Å². The van der Waals surface area contributed by atoms with Crippen LogP contribution in [-0.4, -0.2) is 34.5 Å². The first-order valence-corrected chi connectivity index (χ1v) is 12.0. The molecule has 4 heteroatoms. The Bertz CT molecular complexity index is 789. The molecule has 7 atom stereocenters. The zero-order valence-electron chi connectivity index (χ0n) is 19.1. The van der Waals surface area contributed by atoms with Crippen LogP contribution in [-0.2, 0) is 9.53 Å². The highest BCUT2D eigenvalue weighted by atomic mass is 16.5. The molecular formula is C27H38O4. The van der Waals surface area contributed by atoms with E-state index in [-0.39, 0.29) is 12.1 Å². The predicted molar refractivity (Wildman–Crippen MR) is 122 cm³/mol. The fraction of sp³-hybridized carbons (Fsp3) is 0.667. The van der Waals surface area contributed by atoms with Crippen LogP contribution in [0.4, 0.5) is 0 Å². The number of hydrogen-bond acceptors (Lipinski definition) is 4. The van der Waals surface area contributed by atoms with Crippen molar-refractivity contribution in [2.75, 3.05) is 0 Å². The van der Waals surface area contributed by atoms with Crippen molar-refractivity contribution in [1.82, 2.24) is 0 Å². The first kappa shape index (κ1) is 22.5. The van der Waals surface area contributed by atoms with Crippen molar-refractivity contribution in [2.45, 2.75) is 89.9 Å². The third kappa shape index (κ3) is 4.34. The summed E-state index contributed by atoms with van der Waals surface area (Å²) in [6.07, 6.45) is 12.0. The Morgan fingerprint density at radius 1 is 1.16 bits per heavy atom. The van der Waals surface area contributed by atoms with E-state index < -0.39 is 12.2 Å². The number of ether oxygens (including phenoxy) is 1. The molecule has 4 fully saturated rings. The van der Waals surface area contributed by atoms with E-state index in [9.17, 15) is 15.0 Å². The Morgan fingerprint density at radius 3 is 2.52 bits per heavy atom. The van der Waals surface area contributed by atoms with E-state index in [2.05, 4.69) is 39.2 Å². The second kappa shape index (κ2) is 8.71. The number of carbonyl (C=O) groups is 1. The standard InChI is InChI=1S/C27H38O4/c1-16(12-21-13-17(2)26(30)31-21)22-9-10-23-20(6-5-11-27(22,23)4)8-7-19-14-24(28)18(3)25(29)15-19/h7-8,16,21-25,28-29H,2-3,5-6,9-15H2,1,4H3/b20-8+/t16-,21-,22?,23?,24-,25-,27-/m1/s1. The van der Waals surface area contributed by atoms with Crippen molar-refractivity contribution in [1.29, 1.82) is 0 Å². The summed E-state index contributed by atoms with van der Waals surface area (Å²) >= 11 is 0. The maximum atomic E-state index is 11.7.